The van der Waals surface area contributed by atoms with Gasteiger partial charge in [-0.2, -0.15) is 0 Å². The van der Waals surface area contributed by atoms with Gasteiger partial charge in [0.1, 0.15) is 15.9 Å². The van der Waals surface area contributed by atoms with Crippen molar-refractivity contribution in [1.82, 2.24) is 15.2 Å². The van der Waals surface area contributed by atoms with Crippen LogP contribution in [0.4, 0.5) is 11.5 Å². The second-order valence-electron chi connectivity index (χ2n) is 3.14. The molecule has 0 atom stereocenters. The predicted octanol–water partition coefficient (Wildman–Crippen LogP) is 1.59. The van der Waals surface area contributed by atoms with Crippen molar-refractivity contribution in [2.24, 2.45) is 5.84 Å². The lowest BCUT2D eigenvalue weighted by Crippen LogP contribution is -2.09. The molecule has 3 N–H and O–H groups in total. The Morgan fingerprint density at radius 1 is 1.50 bits per heavy atom. The summed E-state index contributed by atoms with van der Waals surface area (Å²) < 4.78 is 0.670. The highest BCUT2D eigenvalue weighted by Gasteiger charge is 2.13. The number of hydrogen-bond acceptors (Lipinski definition) is 9. The quantitative estimate of drug-likeness (QED) is 0.493. The van der Waals surface area contributed by atoms with Gasteiger partial charge in [-0.3, -0.25) is 10.1 Å². The van der Waals surface area contributed by atoms with Crippen LogP contribution in [0.3, 0.4) is 0 Å². The van der Waals surface area contributed by atoms with Crippen LogP contribution in [0.5, 0.6) is 0 Å². The molecule has 0 aliphatic carbocycles. The summed E-state index contributed by atoms with van der Waals surface area (Å²) in [6.45, 7) is 1.83. The van der Waals surface area contributed by atoms with Crippen LogP contribution in [-0.4, -0.2) is 20.1 Å². The Hall–Kier alpha value is -1.78. The van der Waals surface area contributed by atoms with Crippen molar-refractivity contribution < 1.29 is 4.92 Å². The molecule has 0 bridgehead atoms. The molecule has 2 rings (SSSR count). The molecule has 10 heteroatoms. The molecule has 0 fully saturated rings. The maximum Gasteiger partial charge on any atom is 0.275 e. The zero-order valence-electron chi connectivity index (χ0n) is 9.15. The Bertz CT molecular complexity index is 587. The summed E-state index contributed by atoms with van der Waals surface area (Å²) >= 11 is 2.59. The molecule has 0 aliphatic rings. The van der Waals surface area contributed by atoms with Crippen LogP contribution < -0.4 is 11.3 Å². The molecule has 0 saturated heterocycles. The average Bonchev–Trinajstić information content (AvgIpc) is 2.74. The number of rotatable bonds is 4. The molecule has 0 aromatic carbocycles. The molecule has 0 amide bonds. The Balaban J connectivity index is 2.32. The SMILES string of the molecule is Cc1nnc(Sc2cc([N+](=O)[O-])cc(NN)n2)s1. The highest BCUT2D eigenvalue weighted by molar-refractivity contribution is 8.01. The molecule has 0 spiro atoms. The van der Waals surface area contributed by atoms with E-state index >= 15 is 0 Å². The minimum absolute atomic E-state index is 0.0818. The van der Waals surface area contributed by atoms with Crippen LogP contribution in [0.15, 0.2) is 21.5 Å². The highest BCUT2D eigenvalue weighted by atomic mass is 32.2. The number of hydrogen-bond donors (Lipinski definition) is 2. The van der Waals surface area contributed by atoms with Gasteiger partial charge in [0.15, 0.2) is 4.34 Å². The molecule has 0 aliphatic heterocycles. The number of anilines is 1. The van der Waals surface area contributed by atoms with Crippen molar-refractivity contribution in [2.75, 3.05) is 5.43 Å². The Morgan fingerprint density at radius 3 is 2.83 bits per heavy atom. The van der Waals surface area contributed by atoms with Crippen molar-refractivity contribution >= 4 is 34.6 Å². The van der Waals surface area contributed by atoms with Gasteiger partial charge in [-0.1, -0.05) is 11.3 Å². The fourth-order valence-corrected chi connectivity index (χ4v) is 2.92. The summed E-state index contributed by atoms with van der Waals surface area (Å²) in [5.41, 5.74) is 2.21. The van der Waals surface area contributed by atoms with Crippen molar-refractivity contribution in [3.05, 3.63) is 27.3 Å². The number of aryl methyl sites for hydroxylation is 1. The Morgan fingerprint density at radius 2 is 2.28 bits per heavy atom. The summed E-state index contributed by atoms with van der Waals surface area (Å²) in [7, 11) is 0. The van der Waals surface area contributed by atoms with Gasteiger partial charge >= 0.3 is 0 Å². The van der Waals surface area contributed by atoms with E-state index in [-0.39, 0.29) is 11.5 Å². The Labute approximate surface area is 110 Å². The van der Waals surface area contributed by atoms with Gasteiger partial charge in [-0.25, -0.2) is 10.8 Å². The van der Waals surface area contributed by atoms with Crippen LogP contribution in [0, 0.1) is 17.0 Å². The first-order valence-electron chi connectivity index (χ1n) is 4.69. The van der Waals surface area contributed by atoms with Gasteiger partial charge in [-0.15, -0.1) is 10.2 Å². The molecule has 0 radical (unpaired) electrons. The fraction of sp³-hybridized carbons (Fsp3) is 0.125. The lowest BCUT2D eigenvalue weighted by Gasteiger charge is -2.02. The molecule has 0 unspecified atom stereocenters. The zero-order chi connectivity index (χ0) is 13.1. The first-order valence-corrected chi connectivity index (χ1v) is 6.33. The van der Waals surface area contributed by atoms with E-state index in [0.717, 1.165) is 5.01 Å². The van der Waals surface area contributed by atoms with E-state index in [1.807, 2.05) is 6.92 Å². The number of nitrogen functional groups attached to an aromatic ring is 1. The molecule has 94 valence electrons. The van der Waals surface area contributed by atoms with Gasteiger partial charge < -0.3 is 5.43 Å². The van der Waals surface area contributed by atoms with E-state index in [9.17, 15) is 10.1 Å². The summed E-state index contributed by atoms with van der Waals surface area (Å²) in [6.07, 6.45) is 0. The van der Waals surface area contributed by atoms with Crippen LogP contribution in [-0.2, 0) is 0 Å². The minimum Gasteiger partial charge on any atom is -0.308 e. The van der Waals surface area contributed by atoms with Crippen molar-refractivity contribution in [3.63, 3.8) is 0 Å². The van der Waals surface area contributed by atoms with Crippen LogP contribution >= 0.6 is 23.1 Å². The maximum absolute atomic E-state index is 10.8. The van der Waals surface area contributed by atoms with Crippen molar-refractivity contribution in [3.8, 4) is 0 Å². The summed E-state index contributed by atoms with van der Waals surface area (Å²) in [5.74, 6) is 5.45. The van der Waals surface area contributed by atoms with E-state index in [2.05, 4.69) is 20.6 Å². The topological polar surface area (TPSA) is 120 Å². The van der Waals surface area contributed by atoms with Crippen LogP contribution in [0.25, 0.3) is 0 Å². The molecule has 18 heavy (non-hydrogen) atoms. The maximum atomic E-state index is 10.8. The van der Waals surface area contributed by atoms with Gasteiger partial charge in [0, 0.05) is 6.07 Å². The number of nitrogens with zero attached hydrogens (tertiary/aromatic N) is 4. The van der Waals surface area contributed by atoms with E-state index in [1.165, 1.54) is 35.2 Å². The minimum atomic E-state index is -0.502. The standard InChI is InChI=1S/C8H8N6O2S2/c1-4-12-13-8(17-4)18-7-3-5(14(15)16)2-6(10-7)11-9/h2-3H,9H2,1H3,(H,10,11). The van der Waals surface area contributed by atoms with Crippen molar-refractivity contribution in [2.45, 2.75) is 16.3 Å². The molecule has 8 nitrogen and oxygen atoms in total. The predicted molar refractivity (Wildman–Crippen MR) is 67.5 cm³/mol. The second-order valence-corrected chi connectivity index (χ2v) is 5.59. The first-order chi connectivity index (χ1) is 8.58. The average molecular weight is 284 g/mol. The second kappa shape index (κ2) is 5.25. The van der Waals surface area contributed by atoms with E-state index in [0.29, 0.717) is 9.37 Å². The first kappa shape index (κ1) is 12.7. The molecule has 2 heterocycles. The monoisotopic (exact) mass is 284 g/mol. The number of nitrogens with one attached hydrogen (secondary N) is 1. The lowest BCUT2D eigenvalue weighted by atomic mass is 10.4. The largest absolute Gasteiger partial charge is 0.308 e. The summed E-state index contributed by atoms with van der Waals surface area (Å²) in [6, 6.07) is 2.62. The normalized spacial score (nSPS) is 10.3. The third-order valence-electron chi connectivity index (χ3n) is 1.84. The molecular formula is C8H8N6O2S2. The van der Waals surface area contributed by atoms with Crippen LogP contribution in [0.2, 0.25) is 0 Å². The van der Waals surface area contributed by atoms with Crippen molar-refractivity contribution in [1.29, 1.82) is 0 Å². The third-order valence-corrected chi connectivity index (χ3v) is 3.65. The third kappa shape index (κ3) is 2.91. The highest BCUT2D eigenvalue weighted by Crippen LogP contribution is 2.31. The molecule has 0 saturated carbocycles. The fourth-order valence-electron chi connectivity index (χ4n) is 1.13. The number of aromatic nitrogens is 3. The summed E-state index contributed by atoms with van der Waals surface area (Å²) in [5, 5.41) is 19.8. The number of nitrogens with two attached hydrogens (primary N) is 1. The van der Waals surface area contributed by atoms with Gasteiger partial charge in [0.05, 0.1) is 11.0 Å². The molecule has 2 aromatic rings. The summed E-state index contributed by atoms with van der Waals surface area (Å²) in [4.78, 5) is 14.4. The number of nitro groups is 1. The van der Waals surface area contributed by atoms with E-state index in [1.54, 1.807) is 0 Å². The van der Waals surface area contributed by atoms with Crippen LogP contribution in [0.1, 0.15) is 5.01 Å². The van der Waals surface area contributed by atoms with E-state index < -0.39 is 4.92 Å². The van der Waals surface area contributed by atoms with Gasteiger partial charge in [0.2, 0.25) is 0 Å². The van der Waals surface area contributed by atoms with Gasteiger partial charge in [0.25, 0.3) is 5.69 Å². The van der Waals surface area contributed by atoms with Gasteiger partial charge in [-0.05, 0) is 18.7 Å². The Kier molecular flexibility index (Phi) is 3.69. The zero-order valence-corrected chi connectivity index (χ0v) is 10.8. The lowest BCUT2D eigenvalue weighted by molar-refractivity contribution is -0.385. The van der Waals surface area contributed by atoms with E-state index in [4.69, 9.17) is 5.84 Å². The number of pyridine rings is 1. The molecule has 2 aromatic heterocycles. The number of hydrazine groups is 1. The molecular weight excluding hydrogens is 276 g/mol. The smallest absolute Gasteiger partial charge is 0.275 e.